The molecule has 44 heavy (non-hydrogen) atoms. The zero-order valence-electron chi connectivity index (χ0n) is 24.1. The van der Waals surface area contributed by atoms with Gasteiger partial charge in [-0.3, -0.25) is 14.4 Å². The Balaban J connectivity index is 1.48. The Morgan fingerprint density at radius 2 is 1.68 bits per heavy atom. The monoisotopic (exact) mass is 582 g/mol. The fourth-order valence-corrected chi connectivity index (χ4v) is 7.16. The summed E-state index contributed by atoms with van der Waals surface area (Å²) in [6.45, 7) is 4.01. The first-order valence-corrected chi connectivity index (χ1v) is 14.5. The summed E-state index contributed by atoms with van der Waals surface area (Å²) in [4.78, 5) is 46.2. The zero-order valence-corrected chi connectivity index (χ0v) is 24.1. The average molecular weight is 583 g/mol. The van der Waals surface area contributed by atoms with Gasteiger partial charge >= 0.3 is 0 Å². The van der Waals surface area contributed by atoms with Gasteiger partial charge in [-0.05, 0) is 65.2 Å². The molecule has 3 aliphatic heterocycles. The number of Topliss-reactive ketones (excluding diaryl/α,β-unsaturated/α-hetero) is 2. The van der Waals surface area contributed by atoms with E-state index in [0.717, 1.165) is 11.1 Å². The van der Waals surface area contributed by atoms with Crippen molar-refractivity contribution in [2.24, 2.45) is 5.92 Å². The molecule has 1 amide bonds. The standard InChI is InChI=1S/C37H30N2O5/c1-3-21-44-26-17-15-24(16-18-26)33(40)31-32(34(41)25-10-8-11-27(22-25)43-2)39-20-19-23-9-4-5-12-28(23)35(39)37(31)29-13-6-7-14-30(29)38-36(37)42/h3-20,22,31-32,35H,1,21H2,2H3,(H,38,42)/t31-,32+,35+,37-/m0/s1. The molecular weight excluding hydrogens is 552 g/mol. The van der Waals surface area contributed by atoms with Crippen molar-refractivity contribution in [1.82, 2.24) is 4.90 Å². The Kier molecular flexibility index (Phi) is 6.66. The maximum absolute atomic E-state index is 14.9. The molecule has 218 valence electrons. The van der Waals surface area contributed by atoms with Crippen LogP contribution in [0.2, 0.25) is 0 Å². The fourth-order valence-electron chi connectivity index (χ4n) is 7.16. The van der Waals surface area contributed by atoms with Gasteiger partial charge < -0.3 is 19.7 Å². The van der Waals surface area contributed by atoms with Crippen LogP contribution in [0.15, 0.2) is 116 Å². The second-order valence-corrected chi connectivity index (χ2v) is 11.2. The number of ketones is 2. The Morgan fingerprint density at radius 1 is 0.909 bits per heavy atom. The predicted octanol–water partition coefficient (Wildman–Crippen LogP) is 6.24. The fraction of sp³-hybridized carbons (Fsp3) is 0.162. The molecule has 3 heterocycles. The molecule has 4 aromatic carbocycles. The van der Waals surface area contributed by atoms with Crippen LogP contribution in [0.25, 0.3) is 6.08 Å². The Morgan fingerprint density at radius 3 is 2.48 bits per heavy atom. The van der Waals surface area contributed by atoms with Gasteiger partial charge in [0.1, 0.15) is 29.6 Å². The summed E-state index contributed by atoms with van der Waals surface area (Å²) in [5, 5.41) is 3.08. The lowest BCUT2D eigenvalue weighted by Crippen LogP contribution is -2.49. The highest BCUT2D eigenvalue weighted by atomic mass is 16.5. The lowest BCUT2D eigenvalue weighted by atomic mass is 9.62. The third-order valence-corrected chi connectivity index (χ3v) is 8.98. The van der Waals surface area contributed by atoms with Crippen LogP contribution in [-0.4, -0.2) is 42.1 Å². The number of nitrogens with one attached hydrogen (secondary N) is 1. The largest absolute Gasteiger partial charge is 0.497 e. The van der Waals surface area contributed by atoms with Crippen molar-refractivity contribution >= 4 is 29.2 Å². The minimum Gasteiger partial charge on any atom is -0.497 e. The molecule has 3 aliphatic rings. The molecule has 0 aliphatic carbocycles. The number of anilines is 1. The maximum Gasteiger partial charge on any atom is 0.238 e. The van der Waals surface area contributed by atoms with Gasteiger partial charge in [0, 0.05) is 23.0 Å². The molecule has 1 N–H and O–H groups in total. The number of para-hydroxylation sites is 1. The molecule has 4 aromatic rings. The van der Waals surface area contributed by atoms with E-state index in [1.165, 1.54) is 0 Å². The maximum atomic E-state index is 14.9. The van der Waals surface area contributed by atoms with Crippen molar-refractivity contribution < 1.29 is 23.9 Å². The van der Waals surface area contributed by atoms with E-state index < -0.39 is 23.4 Å². The first kappa shape index (κ1) is 27.4. The average Bonchev–Trinajstić information content (AvgIpc) is 3.55. The van der Waals surface area contributed by atoms with Gasteiger partial charge in [-0.25, -0.2) is 0 Å². The number of carbonyl (C=O) groups excluding carboxylic acids is 3. The van der Waals surface area contributed by atoms with Crippen molar-refractivity contribution in [1.29, 1.82) is 0 Å². The van der Waals surface area contributed by atoms with Crippen molar-refractivity contribution in [3.05, 3.63) is 144 Å². The minimum absolute atomic E-state index is 0.267. The zero-order chi connectivity index (χ0) is 30.4. The van der Waals surface area contributed by atoms with Gasteiger partial charge in [-0.2, -0.15) is 0 Å². The molecule has 7 rings (SSSR count). The van der Waals surface area contributed by atoms with Crippen molar-refractivity contribution in [3.8, 4) is 11.5 Å². The van der Waals surface area contributed by atoms with Crippen LogP contribution in [0.3, 0.4) is 0 Å². The molecule has 0 radical (unpaired) electrons. The van der Waals surface area contributed by atoms with E-state index >= 15 is 0 Å². The number of nitrogens with zero attached hydrogens (tertiary/aromatic N) is 1. The Labute approximate surface area is 255 Å². The molecule has 7 heteroatoms. The molecule has 0 unspecified atom stereocenters. The molecule has 4 atom stereocenters. The summed E-state index contributed by atoms with van der Waals surface area (Å²) in [6, 6.07) is 27.5. The predicted molar refractivity (Wildman–Crippen MR) is 168 cm³/mol. The van der Waals surface area contributed by atoms with Gasteiger partial charge in [-0.1, -0.05) is 67.3 Å². The van der Waals surface area contributed by atoms with Gasteiger partial charge in [0.2, 0.25) is 5.91 Å². The summed E-state index contributed by atoms with van der Waals surface area (Å²) < 4.78 is 11.1. The number of benzene rings is 4. The topological polar surface area (TPSA) is 84.9 Å². The smallest absolute Gasteiger partial charge is 0.238 e. The summed E-state index contributed by atoms with van der Waals surface area (Å²) in [6.07, 6.45) is 5.46. The number of hydrogen-bond acceptors (Lipinski definition) is 6. The Hall–Kier alpha value is -5.43. The molecule has 1 saturated heterocycles. The van der Waals surface area contributed by atoms with E-state index in [1.807, 2.05) is 65.7 Å². The lowest BCUT2D eigenvalue weighted by molar-refractivity contribution is -0.122. The van der Waals surface area contributed by atoms with Crippen LogP contribution >= 0.6 is 0 Å². The SMILES string of the molecule is C=CCOc1ccc(C(=O)[C@@H]2[C@H](C(=O)c3cccc(OC)c3)N3C=Cc4ccccc4[C@@H]3[C@@]23C(=O)Nc2ccccc23)cc1. The first-order chi connectivity index (χ1) is 21.5. The summed E-state index contributed by atoms with van der Waals surface area (Å²) in [7, 11) is 1.54. The second kappa shape index (κ2) is 10.7. The first-order valence-electron chi connectivity index (χ1n) is 14.5. The van der Waals surface area contributed by atoms with Gasteiger partial charge in [0.25, 0.3) is 0 Å². The van der Waals surface area contributed by atoms with Crippen LogP contribution in [-0.2, 0) is 10.2 Å². The number of rotatable bonds is 8. The van der Waals surface area contributed by atoms with Crippen LogP contribution in [0.1, 0.15) is 43.4 Å². The number of hydrogen-bond donors (Lipinski definition) is 1. The lowest BCUT2D eigenvalue weighted by Gasteiger charge is -2.38. The highest BCUT2D eigenvalue weighted by molar-refractivity contribution is 6.16. The highest BCUT2D eigenvalue weighted by Gasteiger charge is 2.70. The van der Waals surface area contributed by atoms with Crippen molar-refractivity contribution in [2.75, 3.05) is 19.0 Å². The van der Waals surface area contributed by atoms with Crippen LogP contribution < -0.4 is 14.8 Å². The van der Waals surface area contributed by atoms with Gasteiger partial charge in [-0.15, -0.1) is 0 Å². The van der Waals surface area contributed by atoms with E-state index in [1.54, 1.807) is 61.7 Å². The molecule has 0 saturated carbocycles. The molecule has 7 nitrogen and oxygen atoms in total. The van der Waals surface area contributed by atoms with E-state index in [0.29, 0.717) is 40.5 Å². The van der Waals surface area contributed by atoms with E-state index in [9.17, 15) is 14.4 Å². The van der Waals surface area contributed by atoms with Crippen LogP contribution in [0.4, 0.5) is 5.69 Å². The normalized spacial score (nSPS) is 22.5. The molecule has 1 spiro atoms. The number of amides is 1. The van der Waals surface area contributed by atoms with Crippen LogP contribution in [0.5, 0.6) is 11.5 Å². The molecular formula is C37H30N2O5. The van der Waals surface area contributed by atoms with Gasteiger partial charge in [0.05, 0.1) is 19.1 Å². The number of ether oxygens (including phenoxy) is 2. The van der Waals surface area contributed by atoms with Crippen LogP contribution in [0, 0.1) is 5.92 Å². The third kappa shape index (κ3) is 4.00. The molecule has 1 fully saturated rings. The third-order valence-electron chi connectivity index (χ3n) is 8.98. The van der Waals surface area contributed by atoms with E-state index in [-0.39, 0.29) is 17.5 Å². The van der Waals surface area contributed by atoms with E-state index in [2.05, 4.69) is 11.9 Å². The van der Waals surface area contributed by atoms with Crippen molar-refractivity contribution in [3.63, 3.8) is 0 Å². The molecule has 0 aromatic heterocycles. The second-order valence-electron chi connectivity index (χ2n) is 11.2. The summed E-state index contributed by atoms with van der Waals surface area (Å²) in [5.41, 5.74) is 2.56. The number of methoxy groups -OCH3 is 1. The van der Waals surface area contributed by atoms with E-state index in [4.69, 9.17) is 9.47 Å². The molecule has 0 bridgehead atoms. The van der Waals surface area contributed by atoms with Gasteiger partial charge in [0.15, 0.2) is 11.6 Å². The quantitative estimate of drug-likeness (QED) is 0.196. The minimum atomic E-state index is -1.40. The van der Waals surface area contributed by atoms with Crippen molar-refractivity contribution in [2.45, 2.75) is 17.5 Å². The highest BCUT2D eigenvalue weighted by Crippen LogP contribution is 2.62. The Bertz CT molecular complexity index is 1840. The number of carbonyl (C=O) groups is 3. The number of fused-ring (bicyclic) bond motifs is 6. The summed E-state index contributed by atoms with van der Waals surface area (Å²) >= 11 is 0. The summed E-state index contributed by atoms with van der Waals surface area (Å²) in [5.74, 6) is -0.814.